The Labute approximate surface area is 119 Å². The molecule has 0 bridgehead atoms. The van der Waals surface area contributed by atoms with E-state index in [1.807, 2.05) is 18.2 Å². The molecule has 4 nitrogen and oxygen atoms in total. The van der Waals surface area contributed by atoms with E-state index in [-0.39, 0.29) is 18.0 Å². The molecule has 4 heteroatoms. The maximum Gasteiger partial charge on any atom is 0.314 e. The number of fused-ring (bicyclic) bond motifs is 1. The number of rotatable bonds is 3. The van der Waals surface area contributed by atoms with Gasteiger partial charge in [-0.2, -0.15) is 0 Å². The van der Waals surface area contributed by atoms with E-state index in [0.717, 1.165) is 38.0 Å². The number of hydrogen-bond donors (Lipinski definition) is 1. The third-order valence-corrected chi connectivity index (χ3v) is 4.06. The summed E-state index contributed by atoms with van der Waals surface area (Å²) in [6.45, 7) is 2.65. The first-order valence-corrected chi connectivity index (χ1v) is 7.41. The van der Waals surface area contributed by atoms with E-state index in [2.05, 4.69) is 11.4 Å². The van der Waals surface area contributed by atoms with Crippen LogP contribution in [0.4, 0.5) is 0 Å². The van der Waals surface area contributed by atoms with Crippen LogP contribution in [0.25, 0.3) is 0 Å². The van der Waals surface area contributed by atoms with E-state index in [0.29, 0.717) is 13.2 Å². The molecule has 2 unspecified atom stereocenters. The van der Waals surface area contributed by atoms with E-state index < -0.39 is 0 Å². The average Bonchev–Trinajstić information content (AvgIpc) is 2.53. The number of ether oxygens (including phenoxy) is 2. The number of hydrogen-bond acceptors (Lipinski definition) is 4. The minimum atomic E-state index is -0.191. The predicted octanol–water partition coefficient (Wildman–Crippen LogP) is 1.99. The van der Waals surface area contributed by atoms with Gasteiger partial charge < -0.3 is 14.8 Å². The molecule has 1 aromatic carbocycles. The van der Waals surface area contributed by atoms with E-state index >= 15 is 0 Å². The highest BCUT2D eigenvalue weighted by Crippen LogP contribution is 2.25. The van der Waals surface area contributed by atoms with Crippen molar-refractivity contribution in [2.75, 3.05) is 19.8 Å². The molecule has 20 heavy (non-hydrogen) atoms. The monoisotopic (exact) mass is 275 g/mol. The highest BCUT2D eigenvalue weighted by molar-refractivity contribution is 5.79. The number of nitrogens with one attached hydrogen (secondary N) is 1. The SMILES string of the molecule is O=C(OCC1CCCCO1)C1CNCc2ccccc21. The van der Waals surface area contributed by atoms with Crippen molar-refractivity contribution in [1.29, 1.82) is 0 Å². The molecule has 0 saturated carbocycles. The van der Waals surface area contributed by atoms with Gasteiger partial charge in [0.25, 0.3) is 0 Å². The summed E-state index contributed by atoms with van der Waals surface area (Å²) in [5.74, 6) is -0.331. The topological polar surface area (TPSA) is 47.6 Å². The van der Waals surface area contributed by atoms with Crippen molar-refractivity contribution < 1.29 is 14.3 Å². The molecule has 0 amide bonds. The Bertz CT molecular complexity index is 469. The second-order valence-electron chi connectivity index (χ2n) is 5.50. The fourth-order valence-electron chi connectivity index (χ4n) is 2.92. The van der Waals surface area contributed by atoms with E-state index in [1.165, 1.54) is 5.56 Å². The molecule has 0 radical (unpaired) electrons. The number of carbonyl (C=O) groups excluding carboxylic acids is 1. The first-order valence-electron chi connectivity index (χ1n) is 7.41. The van der Waals surface area contributed by atoms with Gasteiger partial charge in [0.1, 0.15) is 6.61 Å². The van der Waals surface area contributed by atoms with E-state index in [9.17, 15) is 4.79 Å². The zero-order valence-electron chi connectivity index (χ0n) is 11.6. The van der Waals surface area contributed by atoms with E-state index in [4.69, 9.17) is 9.47 Å². The molecule has 2 heterocycles. The van der Waals surface area contributed by atoms with Gasteiger partial charge in [0.2, 0.25) is 0 Å². The Morgan fingerprint density at radius 2 is 2.25 bits per heavy atom. The number of esters is 1. The smallest absolute Gasteiger partial charge is 0.314 e. The predicted molar refractivity (Wildman–Crippen MR) is 75.4 cm³/mol. The summed E-state index contributed by atoms with van der Waals surface area (Å²) < 4.78 is 11.1. The standard InChI is InChI=1S/C16H21NO3/c18-16(20-11-13-6-3-4-8-19-13)15-10-17-9-12-5-1-2-7-14(12)15/h1-2,5,7,13,15,17H,3-4,6,8-11H2. The van der Waals surface area contributed by atoms with Crippen LogP contribution < -0.4 is 5.32 Å². The quantitative estimate of drug-likeness (QED) is 0.857. The summed E-state index contributed by atoms with van der Waals surface area (Å²) >= 11 is 0. The summed E-state index contributed by atoms with van der Waals surface area (Å²) in [7, 11) is 0. The molecule has 3 rings (SSSR count). The third kappa shape index (κ3) is 3.02. The third-order valence-electron chi connectivity index (χ3n) is 4.06. The van der Waals surface area contributed by atoms with Crippen molar-refractivity contribution in [2.24, 2.45) is 0 Å². The van der Waals surface area contributed by atoms with Gasteiger partial charge in [-0.25, -0.2) is 0 Å². The zero-order chi connectivity index (χ0) is 13.8. The first-order chi connectivity index (χ1) is 9.84. The molecule has 2 aliphatic heterocycles. The van der Waals surface area contributed by atoms with Crippen molar-refractivity contribution in [3.8, 4) is 0 Å². The summed E-state index contributed by atoms with van der Waals surface area (Å²) in [4.78, 5) is 12.3. The molecule has 108 valence electrons. The normalized spacial score (nSPS) is 25.8. The second-order valence-corrected chi connectivity index (χ2v) is 5.50. The summed E-state index contributed by atoms with van der Waals surface area (Å²) in [5, 5.41) is 3.28. The lowest BCUT2D eigenvalue weighted by Gasteiger charge is -2.27. The van der Waals surface area contributed by atoms with E-state index in [1.54, 1.807) is 0 Å². The van der Waals surface area contributed by atoms with Crippen molar-refractivity contribution >= 4 is 5.97 Å². The van der Waals surface area contributed by atoms with Crippen LogP contribution in [-0.2, 0) is 20.8 Å². The Morgan fingerprint density at radius 3 is 3.10 bits per heavy atom. The molecule has 0 spiro atoms. The van der Waals surface area contributed by atoms with Crippen molar-refractivity contribution in [3.05, 3.63) is 35.4 Å². The Balaban J connectivity index is 1.60. The largest absolute Gasteiger partial charge is 0.462 e. The fourth-order valence-corrected chi connectivity index (χ4v) is 2.92. The molecule has 1 N–H and O–H groups in total. The van der Waals surface area contributed by atoms with Crippen LogP contribution in [-0.4, -0.2) is 31.8 Å². The molecular formula is C16H21NO3. The zero-order valence-corrected chi connectivity index (χ0v) is 11.6. The van der Waals surface area contributed by atoms with Gasteiger partial charge in [0.15, 0.2) is 0 Å². The maximum absolute atomic E-state index is 12.3. The van der Waals surface area contributed by atoms with Crippen LogP contribution in [0, 0.1) is 0 Å². The molecular weight excluding hydrogens is 254 g/mol. The molecule has 2 aliphatic rings. The van der Waals surface area contributed by atoms with Crippen LogP contribution in [0.3, 0.4) is 0 Å². The minimum absolute atomic E-state index is 0.0829. The molecule has 1 aromatic rings. The van der Waals surface area contributed by atoms with Crippen LogP contribution in [0.2, 0.25) is 0 Å². The van der Waals surface area contributed by atoms with Gasteiger partial charge in [0.05, 0.1) is 12.0 Å². The Kier molecular flexibility index (Phi) is 4.33. The lowest BCUT2D eigenvalue weighted by atomic mass is 9.91. The summed E-state index contributed by atoms with van der Waals surface area (Å²) in [6.07, 6.45) is 3.35. The first kappa shape index (κ1) is 13.6. The summed E-state index contributed by atoms with van der Waals surface area (Å²) in [6, 6.07) is 8.07. The molecule has 0 aromatic heterocycles. The molecule has 0 aliphatic carbocycles. The lowest BCUT2D eigenvalue weighted by molar-refractivity contribution is -0.151. The van der Waals surface area contributed by atoms with Gasteiger partial charge in [-0.3, -0.25) is 4.79 Å². The average molecular weight is 275 g/mol. The molecule has 1 fully saturated rings. The van der Waals surface area contributed by atoms with Crippen molar-refractivity contribution in [2.45, 2.75) is 37.8 Å². The fraction of sp³-hybridized carbons (Fsp3) is 0.562. The minimum Gasteiger partial charge on any atom is -0.462 e. The highest BCUT2D eigenvalue weighted by Gasteiger charge is 2.28. The van der Waals surface area contributed by atoms with Crippen molar-refractivity contribution in [3.63, 3.8) is 0 Å². The van der Waals surface area contributed by atoms with Crippen molar-refractivity contribution in [1.82, 2.24) is 5.32 Å². The Morgan fingerprint density at radius 1 is 1.35 bits per heavy atom. The highest BCUT2D eigenvalue weighted by atomic mass is 16.6. The molecule has 1 saturated heterocycles. The number of carbonyl (C=O) groups is 1. The van der Waals surface area contributed by atoms with Crippen LogP contribution in [0.15, 0.2) is 24.3 Å². The van der Waals surface area contributed by atoms with Gasteiger partial charge >= 0.3 is 5.97 Å². The second kappa shape index (κ2) is 6.37. The number of benzene rings is 1. The van der Waals surface area contributed by atoms with Crippen LogP contribution >= 0.6 is 0 Å². The molecule has 2 atom stereocenters. The van der Waals surface area contributed by atoms with Gasteiger partial charge in [0, 0.05) is 19.7 Å². The summed E-state index contributed by atoms with van der Waals surface area (Å²) in [5.41, 5.74) is 2.29. The van der Waals surface area contributed by atoms with Crippen LogP contribution in [0.1, 0.15) is 36.3 Å². The Hall–Kier alpha value is -1.39. The van der Waals surface area contributed by atoms with Gasteiger partial charge in [-0.1, -0.05) is 24.3 Å². The lowest BCUT2D eigenvalue weighted by Crippen LogP contribution is -2.35. The van der Waals surface area contributed by atoms with Crippen LogP contribution in [0.5, 0.6) is 0 Å². The maximum atomic E-state index is 12.3. The van der Waals surface area contributed by atoms with Gasteiger partial charge in [-0.15, -0.1) is 0 Å². The van der Waals surface area contributed by atoms with Gasteiger partial charge in [-0.05, 0) is 30.4 Å².